The number of aromatic nitrogens is 1. The van der Waals surface area contributed by atoms with Gasteiger partial charge in [0.25, 0.3) is 0 Å². The average molecular weight is 252 g/mol. The van der Waals surface area contributed by atoms with Gasteiger partial charge in [0.15, 0.2) is 0 Å². The standard InChI is InChI=1S/C16H16N2O/c1-2-18-16(13-7-9-19-11-13)14-5-3-4-12-6-8-17-10-15(12)14/h3-11,16,18H,2H2,1H3. The monoisotopic (exact) mass is 252 g/mol. The summed E-state index contributed by atoms with van der Waals surface area (Å²) in [7, 11) is 0. The van der Waals surface area contributed by atoms with Crippen LogP contribution in [0.5, 0.6) is 0 Å². The van der Waals surface area contributed by atoms with Gasteiger partial charge >= 0.3 is 0 Å². The van der Waals surface area contributed by atoms with E-state index in [4.69, 9.17) is 4.42 Å². The topological polar surface area (TPSA) is 38.1 Å². The molecule has 0 aliphatic rings. The Morgan fingerprint density at radius 1 is 1.26 bits per heavy atom. The van der Waals surface area contributed by atoms with Crippen LogP contribution >= 0.6 is 0 Å². The van der Waals surface area contributed by atoms with E-state index in [0.717, 1.165) is 12.1 Å². The largest absolute Gasteiger partial charge is 0.472 e. The van der Waals surface area contributed by atoms with Crippen molar-refractivity contribution in [3.63, 3.8) is 0 Å². The van der Waals surface area contributed by atoms with Crippen LogP contribution in [-0.4, -0.2) is 11.5 Å². The fraction of sp³-hybridized carbons (Fsp3) is 0.188. The summed E-state index contributed by atoms with van der Waals surface area (Å²) in [6, 6.07) is 10.5. The molecule has 0 saturated carbocycles. The Morgan fingerprint density at radius 2 is 2.21 bits per heavy atom. The van der Waals surface area contributed by atoms with Crippen molar-refractivity contribution in [3.05, 3.63) is 66.4 Å². The molecule has 2 aromatic heterocycles. The fourth-order valence-electron chi connectivity index (χ4n) is 2.44. The van der Waals surface area contributed by atoms with Crippen LogP contribution in [0.25, 0.3) is 10.8 Å². The number of pyridine rings is 1. The van der Waals surface area contributed by atoms with E-state index in [1.807, 2.05) is 24.5 Å². The van der Waals surface area contributed by atoms with Gasteiger partial charge in [-0.05, 0) is 29.6 Å². The lowest BCUT2D eigenvalue weighted by molar-refractivity contribution is 0.553. The van der Waals surface area contributed by atoms with Crippen LogP contribution in [0.4, 0.5) is 0 Å². The minimum Gasteiger partial charge on any atom is -0.472 e. The predicted octanol–water partition coefficient (Wildman–Crippen LogP) is 3.53. The summed E-state index contributed by atoms with van der Waals surface area (Å²) in [6.45, 7) is 3.00. The molecule has 3 rings (SSSR count). The quantitative estimate of drug-likeness (QED) is 0.772. The lowest BCUT2D eigenvalue weighted by Gasteiger charge is -2.18. The second-order valence-electron chi connectivity index (χ2n) is 4.49. The molecule has 0 aliphatic carbocycles. The molecule has 96 valence electrons. The van der Waals surface area contributed by atoms with Gasteiger partial charge in [-0.3, -0.25) is 4.98 Å². The number of furan rings is 1. The molecule has 0 spiro atoms. The van der Waals surface area contributed by atoms with Crippen LogP contribution in [0.15, 0.2) is 59.7 Å². The summed E-state index contributed by atoms with van der Waals surface area (Å²) >= 11 is 0. The molecular weight excluding hydrogens is 236 g/mol. The van der Waals surface area contributed by atoms with Gasteiger partial charge in [-0.2, -0.15) is 0 Å². The van der Waals surface area contributed by atoms with Crippen molar-refractivity contribution in [3.8, 4) is 0 Å². The zero-order chi connectivity index (χ0) is 13.1. The molecule has 0 radical (unpaired) electrons. The van der Waals surface area contributed by atoms with E-state index in [2.05, 4.69) is 35.4 Å². The van der Waals surface area contributed by atoms with Gasteiger partial charge in [-0.1, -0.05) is 25.1 Å². The molecule has 3 heteroatoms. The zero-order valence-corrected chi connectivity index (χ0v) is 10.8. The first kappa shape index (κ1) is 11.9. The van der Waals surface area contributed by atoms with Gasteiger partial charge in [0.1, 0.15) is 0 Å². The third-order valence-electron chi connectivity index (χ3n) is 3.31. The normalized spacial score (nSPS) is 12.7. The predicted molar refractivity (Wildman–Crippen MR) is 76.0 cm³/mol. The van der Waals surface area contributed by atoms with Crippen molar-refractivity contribution in [2.24, 2.45) is 0 Å². The molecule has 0 bridgehead atoms. The molecule has 1 N–H and O–H groups in total. The third-order valence-corrected chi connectivity index (χ3v) is 3.31. The number of fused-ring (bicyclic) bond motifs is 1. The summed E-state index contributed by atoms with van der Waals surface area (Å²) in [5.41, 5.74) is 2.37. The maximum Gasteiger partial charge on any atom is 0.0953 e. The van der Waals surface area contributed by atoms with Crippen LogP contribution in [0.1, 0.15) is 24.1 Å². The molecule has 0 amide bonds. The van der Waals surface area contributed by atoms with E-state index in [-0.39, 0.29) is 6.04 Å². The first-order valence-corrected chi connectivity index (χ1v) is 6.48. The molecule has 19 heavy (non-hydrogen) atoms. The van der Waals surface area contributed by atoms with Crippen molar-refractivity contribution < 1.29 is 4.42 Å². The summed E-state index contributed by atoms with van der Waals surface area (Å²) in [6.07, 6.45) is 7.26. The Hall–Kier alpha value is -2.13. The second-order valence-corrected chi connectivity index (χ2v) is 4.49. The number of nitrogens with one attached hydrogen (secondary N) is 1. The molecule has 3 nitrogen and oxygen atoms in total. The van der Waals surface area contributed by atoms with E-state index in [1.54, 1.807) is 12.5 Å². The SMILES string of the molecule is CCNC(c1ccoc1)c1cccc2ccncc12. The van der Waals surface area contributed by atoms with Gasteiger partial charge in [-0.15, -0.1) is 0 Å². The minimum absolute atomic E-state index is 0.136. The van der Waals surface area contributed by atoms with Gasteiger partial charge in [0.05, 0.1) is 18.6 Å². The molecule has 3 aromatic rings. The van der Waals surface area contributed by atoms with E-state index >= 15 is 0 Å². The summed E-state index contributed by atoms with van der Waals surface area (Å²) in [4.78, 5) is 4.25. The molecule has 0 saturated heterocycles. The molecular formula is C16H16N2O. The van der Waals surface area contributed by atoms with Gasteiger partial charge < -0.3 is 9.73 Å². The van der Waals surface area contributed by atoms with Crippen LogP contribution in [0.3, 0.4) is 0 Å². The smallest absolute Gasteiger partial charge is 0.0953 e. The zero-order valence-electron chi connectivity index (χ0n) is 10.8. The van der Waals surface area contributed by atoms with E-state index in [0.29, 0.717) is 0 Å². The number of benzene rings is 1. The van der Waals surface area contributed by atoms with Crippen molar-refractivity contribution in [1.82, 2.24) is 10.3 Å². The van der Waals surface area contributed by atoms with Crippen LogP contribution in [0, 0.1) is 0 Å². The third kappa shape index (κ3) is 2.25. The molecule has 1 aromatic carbocycles. The lowest BCUT2D eigenvalue weighted by atomic mass is 9.96. The summed E-state index contributed by atoms with van der Waals surface area (Å²) in [5.74, 6) is 0. The van der Waals surface area contributed by atoms with Crippen molar-refractivity contribution in [2.75, 3.05) is 6.54 Å². The Morgan fingerprint density at radius 3 is 3.00 bits per heavy atom. The van der Waals surface area contributed by atoms with Crippen molar-refractivity contribution in [2.45, 2.75) is 13.0 Å². The maximum absolute atomic E-state index is 5.22. The maximum atomic E-state index is 5.22. The highest BCUT2D eigenvalue weighted by Gasteiger charge is 2.16. The highest BCUT2D eigenvalue weighted by molar-refractivity contribution is 5.85. The average Bonchev–Trinajstić information content (AvgIpc) is 2.98. The highest BCUT2D eigenvalue weighted by Crippen LogP contribution is 2.28. The summed E-state index contributed by atoms with van der Waals surface area (Å²) in [5, 5.41) is 5.89. The summed E-state index contributed by atoms with van der Waals surface area (Å²) < 4.78 is 5.22. The molecule has 0 fully saturated rings. The van der Waals surface area contributed by atoms with Crippen molar-refractivity contribution >= 4 is 10.8 Å². The van der Waals surface area contributed by atoms with Crippen molar-refractivity contribution in [1.29, 1.82) is 0 Å². The van der Waals surface area contributed by atoms with E-state index in [1.165, 1.54) is 16.3 Å². The molecule has 0 aliphatic heterocycles. The van der Waals surface area contributed by atoms with E-state index < -0.39 is 0 Å². The highest BCUT2D eigenvalue weighted by atomic mass is 16.3. The van der Waals surface area contributed by atoms with Crippen LogP contribution in [-0.2, 0) is 0 Å². The number of hydrogen-bond donors (Lipinski definition) is 1. The number of rotatable bonds is 4. The molecule has 1 unspecified atom stereocenters. The lowest BCUT2D eigenvalue weighted by Crippen LogP contribution is -2.21. The van der Waals surface area contributed by atoms with Gasteiger partial charge in [0.2, 0.25) is 0 Å². The fourth-order valence-corrected chi connectivity index (χ4v) is 2.44. The first-order valence-electron chi connectivity index (χ1n) is 6.48. The Labute approximate surface area is 112 Å². The number of hydrogen-bond acceptors (Lipinski definition) is 3. The Bertz CT molecular complexity index is 656. The minimum atomic E-state index is 0.136. The second kappa shape index (κ2) is 5.24. The van der Waals surface area contributed by atoms with Gasteiger partial charge in [0, 0.05) is 23.3 Å². The Balaban J connectivity index is 2.15. The van der Waals surface area contributed by atoms with Crippen LogP contribution in [0.2, 0.25) is 0 Å². The Kier molecular flexibility index (Phi) is 3.29. The van der Waals surface area contributed by atoms with Gasteiger partial charge in [-0.25, -0.2) is 0 Å². The van der Waals surface area contributed by atoms with Crippen LogP contribution < -0.4 is 5.32 Å². The molecule has 2 heterocycles. The molecule has 1 atom stereocenters. The first-order chi connectivity index (χ1) is 9.40. The van der Waals surface area contributed by atoms with E-state index in [9.17, 15) is 0 Å². The number of nitrogens with zero attached hydrogens (tertiary/aromatic N) is 1.